The molecule has 1 N–H and O–H groups in total. The molecule has 0 radical (unpaired) electrons. The third-order valence-electron chi connectivity index (χ3n) is 2.01. The summed E-state index contributed by atoms with van der Waals surface area (Å²) in [5.41, 5.74) is 0.216. The minimum Gasteiger partial charge on any atom is -0.507 e. The average Bonchev–Trinajstić information content (AvgIpc) is 2.18. The third kappa shape index (κ3) is 2.49. The number of carbonyl (C=O) groups excluding carboxylic acids is 1. The van der Waals surface area contributed by atoms with E-state index in [1.54, 1.807) is 18.2 Å². The molecule has 3 nitrogen and oxygen atoms in total. The number of aromatic hydroxyl groups is 1. The van der Waals surface area contributed by atoms with Crippen molar-refractivity contribution in [2.24, 2.45) is 0 Å². The van der Waals surface area contributed by atoms with E-state index in [2.05, 4.69) is 0 Å². The van der Waals surface area contributed by atoms with Crippen LogP contribution < -0.4 is 0 Å². The highest BCUT2D eigenvalue weighted by molar-refractivity contribution is 5.92. The van der Waals surface area contributed by atoms with Crippen LogP contribution in [0.15, 0.2) is 24.3 Å². The molecule has 0 aliphatic carbocycles. The van der Waals surface area contributed by atoms with Crippen LogP contribution in [0.5, 0.6) is 5.75 Å². The van der Waals surface area contributed by atoms with Crippen LogP contribution in [0.4, 0.5) is 0 Å². The Morgan fingerprint density at radius 3 is 2.71 bits per heavy atom. The van der Waals surface area contributed by atoms with Gasteiger partial charge in [-0.25, -0.2) is 4.79 Å². The molecule has 0 amide bonds. The van der Waals surface area contributed by atoms with Crippen LogP contribution in [0.2, 0.25) is 0 Å². The predicted octanol–water partition coefficient (Wildman–Crippen LogP) is 2.35. The first-order valence-corrected chi connectivity index (χ1v) is 4.64. The lowest BCUT2D eigenvalue weighted by Gasteiger charge is -2.11. The van der Waals surface area contributed by atoms with Crippen LogP contribution in [0, 0.1) is 0 Å². The van der Waals surface area contributed by atoms with Crippen molar-refractivity contribution in [1.82, 2.24) is 0 Å². The van der Waals surface area contributed by atoms with Gasteiger partial charge in [-0.3, -0.25) is 0 Å². The molecule has 0 saturated heterocycles. The second kappa shape index (κ2) is 4.65. The molecule has 0 aromatic heterocycles. The quantitative estimate of drug-likeness (QED) is 0.751. The van der Waals surface area contributed by atoms with E-state index in [1.165, 1.54) is 6.07 Å². The van der Waals surface area contributed by atoms with Gasteiger partial charge in [0.1, 0.15) is 11.3 Å². The lowest BCUT2D eigenvalue weighted by molar-refractivity contribution is 0.0331. The van der Waals surface area contributed by atoms with Crippen LogP contribution >= 0.6 is 0 Å². The molecule has 0 heterocycles. The summed E-state index contributed by atoms with van der Waals surface area (Å²) in [5.74, 6) is -0.516. The van der Waals surface area contributed by atoms with Gasteiger partial charge in [0, 0.05) is 0 Å². The third-order valence-corrected chi connectivity index (χ3v) is 2.01. The van der Waals surface area contributed by atoms with Gasteiger partial charge in [0.15, 0.2) is 0 Å². The molecule has 0 fully saturated rings. The van der Waals surface area contributed by atoms with E-state index in [0.29, 0.717) is 0 Å². The summed E-state index contributed by atoms with van der Waals surface area (Å²) >= 11 is 0. The highest BCUT2D eigenvalue weighted by atomic mass is 16.5. The van der Waals surface area contributed by atoms with E-state index < -0.39 is 5.97 Å². The molecule has 0 aliphatic rings. The van der Waals surface area contributed by atoms with E-state index in [-0.39, 0.29) is 17.4 Å². The number of phenolic OH excluding ortho intramolecular Hbond substituents is 1. The summed E-state index contributed by atoms with van der Waals surface area (Å²) in [6.07, 6.45) is 0.640. The van der Waals surface area contributed by atoms with E-state index >= 15 is 0 Å². The molecule has 0 bridgehead atoms. The van der Waals surface area contributed by atoms with Gasteiger partial charge in [-0.05, 0) is 25.5 Å². The Labute approximate surface area is 83.3 Å². The highest BCUT2D eigenvalue weighted by Crippen LogP contribution is 2.17. The largest absolute Gasteiger partial charge is 0.507 e. The number of para-hydroxylation sites is 1. The zero-order chi connectivity index (χ0) is 10.6. The number of esters is 1. The molecule has 0 saturated carbocycles. The fourth-order valence-electron chi connectivity index (χ4n) is 0.976. The summed E-state index contributed by atoms with van der Waals surface area (Å²) in [4.78, 5) is 11.5. The zero-order valence-electron chi connectivity index (χ0n) is 8.36. The first kappa shape index (κ1) is 10.6. The van der Waals surface area contributed by atoms with Crippen molar-refractivity contribution in [2.45, 2.75) is 26.4 Å². The van der Waals surface area contributed by atoms with Gasteiger partial charge in [-0.2, -0.15) is 0 Å². The van der Waals surface area contributed by atoms with Crippen LogP contribution in [0.3, 0.4) is 0 Å². The Hall–Kier alpha value is -1.51. The van der Waals surface area contributed by atoms with Crippen molar-refractivity contribution in [3.05, 3.63) is 29.8 Å². The van der Waals surface area contributed by atoms with Gasteiger partial charge >= 0.3 is 5.97 Å². The van der Waals surface area contributed by atoms with Crippen molar-refractivity contribution in [3.63, 3.8) is 0 Å². The fraction of sp³-hybridized carbons (Fsp3) is 0.364. The molecule has 0 spiro atoms. The molecule has 1 rings (SSSR count). The summed E-state index contributed by atoms with van der Waals surface area (Å²) < 4.78 is 5.07. The molecular formula is C11H14O3. The molecule has 1 aromatic rings. The van der Waals surface area contributed by atoms with Gasteiger partial charge < -0.3 is 9.84 Å². The molecule has 3 heteroatoms. The van der Waals surface area contributed by atoms with E-state index in [9.17, 15) is 9.90 Å². The maximum absolute atomic E-state index is 11.5. The maximum atomic E-state index is 11.5. The van der Waals surface area contributed by atoms with Crippen molar-refractivity contribution in [1.29, 1.82) is 0 Å². The maximum Gasteiger partial charge on any atom is 0.342 e. The van der Waals surface area contributed by atoms with E-state index in [4.69, 9.17) is 4.74 Å². The van der Waals surface area contributed by atoms with E-state index in [1.807, 2.05) is 13.8 Å². The Morgan fingerprint density at radius 2 is 2.14 bits per heavy atom. The van der Waals surface area contributed by atoms with Gasteiger partial charge in [0.2, 0.25) is 0 Å². The molecule has 76 valence electrons. The number of phenols is 1. The first-order valence-electron chi connectivity index (χ1n) is 4.64. The van der Waals surface area contributed by atoms with Gasteiger partial charge in [0.25, 0.3) is 0 Å². The fourth-order valence-corrected chi connectivity index (χ4v) is 0.976. The minimum atomic E-state index is -0.475. The van der Waals surface area contributed by atoms with Crippen molar-refractivity contribution >= 4 is 5.97 Å². The number of hydrogen-bond donors (Lipinski definition) is 1. The summed E-state index contributed by atoms with van der Waals surface area (Å²) in [6, 6.07) is 6.36. The number of rotatable bonds is 3. The smallest absolute Gasteiger partial charge is 0.342 e. The second-order valence-electron chi connectivity index (χ2n) is 3.14. The molecule has 1 atom stereocenters. The van der Waals surface area contributed by atoms with Crippen molar-refractivity contribution in [2.75, 3.05) is 0 Å². The molecule has 0 aliphatic heterocycles. The Balaban J connectivity index is 2.75. The van der Waals surface area contributed by atoms with Crippen LogP contribution in [0.25, 0.3) is 0 Å². The molecule has 1 aromatic carbocycles. The average molecular weight is 194 g/mol. The van der Waals surface area contributed by atoms with E-state index in [0.717, 1.165) is 6.42 Å². The standard InChI is InChI=1S/C11H14O3/c1-3-8(2)14-11(13)9-6-4-5-7-10(9)12/h4-8,12H,3H2,1-2H3. The monoisotopic (exact) mass is 194 g/mol. The number of benzene rings is 1. The predicted molar refractivity (Wildman–Crippen MR) is 53.3 cm³/mol. The van der Waals surface area contributed by atoms with Crippen LogP contribution in [-0.4, -0.2) is 17.2 Å². The molecule has 1 unspecified atom stereocenters. The minimum absolute atomic E-state index is 0.0409. The SMILES string of the molecule is CCC(C)OC(=O)c1ccccc1O. The number of carbonyl (C=O) groups is 1. The molecule has 14 heavy (non-hydrogen) atoms. The number of hydrogen-bond acceptors (Lipinski definition) is 3. The summed E-state index contributed by atoms with van der Waals surface area (Å²) in [6.45, 7) is 3.75. The Kier molecular flexibility index (Phi) is 3.51. The van der Waals surface area contributed by atoms with Gasteiger partial charge in [0.05, 0.1) is 6.10 Å². The second-order valence-corrected chi connectivity index (χ2v) is 3.14. The molecular weight excluding hydrogens is 180 g/mol. The summed E-state index contributed by atoms with van der Waals surface area (Å²) in [7, 11) is 0. The number of ether oxygens (including phenoxy) is 1. The van der Waals surface area contributed by atoms with Gasteiger partial charge in [-0.1, -0.05) is 19.1 Å². The van der Waals surface area contributed by atoms with Crippen molar-refractivity contribution in [3.8, 4) is 5.75 Å². The van der Waals surface area contributed by atoms with Crippen molar-refractivity contribution < 1.29 is 14.6 Å². The first-order chi connectivity index (χ1) is 6.65. The lowest BCUT2D eigenvalue weighted by Crippen LogP contribution is -2.13. The lowest BCUT2D eigenvalue weighted by atomic mass is 10.2. The van der Waals surface area contributed by atoms with Crippen LogP contribution in [-0.2, 0) is 4.74 Å². The van der Waals surface area contributed by atoms with Gasteiger partial charge in [-0.15, -0.1) is 0 Å². The zero-order valence-corrected chi connectivity index (χ0v) is 8.36. The van der Waals surface area contributed by atoms with Crippen LogP contribution in [0.1, 0.15) is 30.6 Å². The normalized spacial score (nSPS) is 12.1. The summed E-state index contributed by atoms with van der Waals surface area (Å²) in [5, 5.41) is 9.37. The Bertz CT molecular complexity index is 320. The topological polar surface area (TPSA) is 46.5 Å². The highest BCUT2D eigenvalue weighted by Gasteiger charge is 2.13. The Morgan fingerprint density at radius 1 is 1.50 bits per heavy atom.